The molecule has 1 atom stereocenters. The lowest BCUT2D eigenvalue weighted by atomic mass is 10.0. The minimum atomic E-state index is 0.578. The van der Waals surface area contributed by atoms with Crippen molar-refractivity contribution in [2.75, 3.05) is 13.1 Å². The molecule has 1 aliphatic rings. The first-order valence-electron chi connectivity index (χ1n) is 7.67. The van der Waals surface area contributed by atoms with Crippen molar-refractivity contribution in [2.24, 2.45) is 0 Å². The first-order valence-corrected chi connectivity index (χ1v) is 7.67. The van der Waals surface area contributed by atoms with Crippen LogP contribution in [0.1, 0.15) is 45.6 Å². The van der Waals surface area contributed by atoms with E-state index in [0.717, 1.165) is 19.6 Å². The molecule has 1 fully saturated rings. The molecule has 4 heteroatoms. The Balaban J connectivity index is 1.91. The van der Waals surface area contributed by atoms with Crippen LogP contribution in [0.15, 0.2) is 12.4 Å². The summed E-state index contributed by atoms with van der Waals surface area (Å²) in [7, 11) is 0. The van der Waals surface area contributed by atoms with Crippen molar-refractivity contribution in [2.45, 2.75) is 65.2 Å². The summed E-state index contributed by atoms with van der Waals surface area (Å²) in [6, 6.07) is 1.24. The van der Waals surface area contributed by atoms with Crippen molar-refractivity contribution in [3.8, 4) is 0 Å². The van der Waals surface area contributed by atoms with Gasteiger partial charge in [0.1, 0.15) is 0 Å². The lowest BCUT2D eigenvalue weighted by Gasteiger charge is -2.32. The Kier molecular flexibility index (Phi) is 5.40. The molecule has 4 nitrogen and oxygen atoms in total. The summed E-state index contributed by atoms with van der Waals surface area (Å²) in [5.41, 5.74) is 1.33. The molecule has 1 N–H and O–H groups in total. The van der Waals surface area contributed by atoms with E-state index < -0.39 is 0 Å². The Hall–Kier alpha value is -0.870. The molecular weight excluding hydrogens is 236 g/mol. The fourth-order valence-electron chi connectivity index (χ4n) is 2.72. The number of hydrogen-bond donors (Lipinski definition) is 1. The second kappa shape index (κ2) is 7.06. The van der Waals surface area contributed by atoms with Gasteiger partial charge in [-0.2, -0.15) is 5.10 Å². The maximum absolute atomic E-state index is 4.37. The van der Waals surface area contributed by atoms with Gasteiger partial charge in [0.05, 0.1) is 6.20 Å². The van der Waals surface area contributed by atoms with Gasteiger partial charge < -0.3 is 5.32 Å². The van der Waals surface area contributed by atoms with Crippen LogP contribution in [0.3, 0.4) is 0 Å². The van der Waals surface area contributed by atoms with Crippen LogP contribution in [0.5, 0.6) is 0 Å². The molecule has 108 valence electrons. The molecule has 0 aromatic carbocycles. The number of rotatable bonds is 6. The van der Waals surface area contributed by atoms with E-state index >= 15 is 0 Å². The van der Waals surface area contributed by atoms with Crippen molar-refractivity contribution in [1.82, 2.24) is 20.0 Å². The van der Waals surface area contributed by atoms with Crippen LogP contribution in [-0.2, 0) is 13.1 Å². The fourth-order valence-corrected chi connectivity index (χ4v) is 2.72. The summed E-state index contributed by atoms with van der Waals surface area (Å²) in [6.07, 6.45) is 8.20. The van der Waals surface area contributed by atoms with Gasteiger partial charge in [-0.25, -0.2) is 0 Å². The molecule has 0 amide bonds. The molecule has 0 spiro atoms. The molecule has 1 unspecified atom stereocenters. The summed E-state index contributed by atoms with van der Waals surface area (Å²) < 4.78 is 2.01. The Labute approximate surface area is 117 Å². The first-order chi connectivity index (χ1) is 9.19. The van der Waals surface area contributed by atoms with E-state index in [4.69, 9.17) is 0 Å². The van der Waals surface area contributed by atoms with E-state index in [9.17, 15) is 0 Å². The van der Waals surface area contributed by atoms with Crippen LogP contribution < -0.4 is 5.32 Å². The Morgan fingerprint density at radius 2 is 2.32 bits per heavy atom. The van der Waals surface area contributed by atoms with Crippen LogP contribution >= 0.6 is 0 Å². The third-order valence-electron chi connectivity index (χ3n) is 3.99. The first kappa shape index (κ1) is 14.5. The summed E-state index contributed by atoms with van der Waals surface area (Å²) in [5, 5.41) is 8.01. The van der Waals surface area contributed by atoms with Crippen LogP contribution in [-0.4, -0.2) is 39.9 Å². The second-order valence-corrected chi connectivity index (χ2v) is 5.87. The average Bonchev–Trinajstić information content (AvgIpc) is 2.87. The Morgan fingerprint density at radius 3 is 2.89 bits per heavy atom. The van der Waals surface area contributed by atoms with Crippen LogP contribution in [0.4, 0.5) is 0 Å². The van der Waals surface area contributed by atoms with Gasteiger partial charge in [-0.05, 0) is 40.2 Å². The predicted octanol–water partition coefficient (Wildman–Crippen LogP) is 2.26. The van der Waals surface area contributed by atoms with Gasteiger partial charge in [-0.3, -0.25) is 9.58 Å². The SMILES string of the molecule is CCn1cc(CN(CC2CCCCN2)C(C)C)cn1. The third kappa shape index (κ3) is 4.32. The Morgan fingerprint density at radius 1 is 1.47 bits per heavy atom. The maximum Gasteiger partial charge on any atom is 0.0534 e. The second-order valence-electron chi connectivity index (χ2n) is 5.87. The van der Waals surface area contributed by atoms with Gasteiger partial charge in [0.25, 0.3) is 0 Å². The molecule has 1 aromatic rings. The summed E-state index contributed by atoms with van der Waals surface area (Å²) in [5.74, 6) is 0. The molecule has 1 saturated heterocycles. The molecule has 0 saturated carbocycles. The zero-order valence-corrected chi connectivity index (χ0v) is 12.6. The quantitative estimate of drug-likeness (QED) is 0.855. The van der Waals surface area contributed by atoms with Crippen molar-refractivity contribution < 1.29 is 0 Å². The van der Waals surface area contributed by atoms with Gasteiger partial charge >= 0.3 is 0 Å². The minimum Gasteiger partial charge on any atom is -0.313 e. The van der Waals surface area contributed by atoms with E-state index in [2.05, 4.69) is 42.3 Å². The van der Waals surface area contributed by atoms with Crippen molar-refractivity contribution >= 4 is 0 Å². The molecule has 1 aliphatic heterocycles. The number of hydrogen-bond acceptors (Lipinski definition) is 3. The smallest absolute Gasteiger partial charge is 0.0534 e. The molecular formula is C15H28N4. The number of aromatic nitrogens is 2. The molecule has 19 heavy (non-hydrogen) atoms. The zero-order chi connectivity index (χ0) is 13.7. The third-order valence-corrected chi connectivity index (χ3v) is 3.99. The molecule has 0 bridgehead atoms. The van der Waals surface area contributed by atoms with Crippen molar-refractivity contribution in [1.29, 1.82) is 0 Å². The van der Waals surface area contributed by atoms with E-state index in [-0.39, 0.29) is 0 Å². The van der Waals surface area contributed by atoms with E-state index in [0.29, 0.717) is 12.1 Å². The Bertz CT molecular complexity index is 366. The molecule has 2 heterocycles. The van der Waals surface area contributed by atoms with Gasteiger partial charge in [-0.15, -0.1) is 0 Å². The molecule has 1 aromatic heterocycles. The standard InChI is InChI=1S/C15H28N4/c1-4-19-11-14(9-17-19)10-18(13(2)3)12-15-7-5-6-8-16-15/h9,11,13,15-16H,4-8,10,12H2,1-3H3. The highest BCUT2D eigenvalue weighted by Crippen LogP contribution is 2.13. The number of piperidine rings is 1. The number of nitrogens with zero attached hydrogens (tertiary/aromatic N) is 3. The topological polar surface area (TPSA) is 33.1 Å². The van der Waals surface area contributed by atoms with Gasteiger partial charge in [0.2, 0.25) is 0 Å². The van der Waals surface area contributed by atoms with E-state index in [1.54, 1.807) is 0 Å². The summed E-state index contributed by atoms with van der Waals surface area (Å²) in [6.45, 7) is 11.0. The minimum absolute atomic E-state index is 0.578. The van der Waals surface area contributed by atoms with Crippen LogP contribution in [0.25, 0.3) is 0 Å². The summed E-state index contributed by atoms with van der Waals surface area (Å²) >= 11 is 0. The monoisotopic (exact) mass is 264 g/mol. The number of nitrogens with one attached hydrogen (secondary N) is 1. The highest BCUT2D eigenvalue weighted by molar-refractivity contribution is 5.04. The van der Waals surface area contributed by atoms with Gasteiger partial charge in [0, 0.05) is 43.5 Å². The molecule has 0 radical (unpaired) electrons. The van der Waals surface area contributed by atoms with E-state index in [1.165, 1.54) is 31.4 Å². The maximum atomic E-state index is 4.37. The molecule has 2 rings (SSSR count). The van der Waals surface area contributed by atoms with Crippen LogP contribution in [0.2, 0.25) is 0 Å². The highest BCUT2D eigenvalue weighted by Gasteiger charge is 2.19. The number of aryl methyl sites for hydroxylation is 1. The van der Waals surface area contributed by atoms with Crippen molar-refractivity contribution in [3.63, 3.8) is 0 Å². The van der Waals surface area contributed by atoms with Gasteiger partial charge in [0.15, 0.2) is 0 Å². The lowest BCUT2D eigenvalue weighted by Crippen LogP contribution is -2.45. The van der Waals surface area contributed by atoms with Crippen LogP contribution in [0, 0.1) is 0 Å². The summed E-state index contributed by atoms with van der Waals surface area (Å²) in [4.78, 5) is 2.56. The predicted molar refractivity (Wildman–Crippen MR) is 79.1 cm³/mol. The average molecular weight is 264 g/mol. The largest absolute Gasteiger partial charge is 0.313 e. The lowest BCUT2D eigenvalue weighted by molar-refractivity contribution is 0.177. The zero-order valence-electron chi connectivity index (χ0n) is 12.6. The fraction of sp³-hybridized carbons (Fsp3) is 0.800. The van der Waals surface area contributed by atoms with Gasteiger partial charge in [-0.1, -0.05) is 6.42 Å². The normalized spacial score (nSPS) is 20.4. The van der Waals surface area contributed by atoms with E-state index in [1.807, 2.05) is 10.9 Å². The molecule has 0 aliphatic carbocycles. The van der Waals surface area contributed by atoms with Crippen molar-refractivity contribution in [3.05, 3.63) is 18.0 Å². The highest BCUT2D eigenvalue weighted by atomic mass is 15.3.